The number of nitrogens with one attached hydrogen (secondary N) is 1. The van der Waals surface area contributed by atoms with Gasteiger partial charge in [-0.1, -0.05) is 302 Å². The minimum Gasteiger partial charge on any atom is -0.394 e. The average Bonchev–Trinajstić information content (AvgIpc) is 0.787. The number of hydrogen-bond donors (Lipinski definition) is 12. The van der Waals surface area contributed by atoms with E-state index in [9.17, 15) is 61.0 Å². The summed E-state index contributed by atoms with van der Waals surface area (Å²) in [6, 6.07) is -0.886. The van der Waals surface area contributed by atoms with Gasteiger partial charge in [0.05, 0.1) is 38.6 Å². The van der Waals surface area contributed by atoms with Crippen molar-refractivity contribution in [3.8, 4) is 0 Å². The maximum Gasteiger partial charge on any atom is 0.220 e. The third kappa shape index (κ3) is 39.0. The van der Waals surface area contributed by atoms with E-state index >= 15 is 0 Å². The maximum atomic E-state index is 13.5. The van der Waals surface area contributed by atoms with Crippen molar-refractivity contribution in [1.82, 2.24) is 5.32 Å². The fourth-order valence-corrected chi connectivity index (χ4v) is 13.7. The summed E-state index contributed by atoms with van der Waals surface area (Å²) < 4.78 is 34.5. The number of rotatable bonds is 63. The van der Waals surface area contributed by atoms with Gasteiger partial charge in [0.15, 0.2) is 18.9 Å². The summed E-state index contributed by atoms with van der Waals surface area (Å²) in [5.41, 5.74) is 0. The fraction of sp³-hybridized carbons (Fsp3) is 0.961. The highest BCUT2D eigenvalue weighted by molar-refractivity contribution is 5.76. The molecule has 95 heavy (non-hydrogen) atoms. The molecule has 1 amide bonds. The molecule has 0 aromatic carbocycles. The van der Waals surface area contributed by atoms with Gasteiger partial charge >= 0.3 is 0 Å². The van der Waals surface area contributed by atoms with Gasteiger partial charge in [0.2, 0.25) is 5.91 Å². The average molecular weight is 1360 g/mol. The van der Waals surface area contributed by atoms with Gasteiger partial charge in [-0.05, 0) is 38.5 Å². The Kier molecular flexibility index (Phi) is 53.6. The zero-order chi connectivity index (χ0) is 68.9. The van der Waals surface area contributed by atoms with Crippen LogP contribution in [0.3, 0.4) is 0 Å². The summed E-state index contributed by atoms with van der Waals surface area (Å²) in [6.07, 6.45) is 40.1. The van der Waals surface area contributed by atoms with Crippen LogP contribution in [0.15, 0.2) is 12.2 Å². The Morgan fingerprint density at radius 1 is 0.368 bits per heavy atom. The lowest BCUT2D eigenvalue weighted by atomic mass is 9.96. The third-order valence-corrected chi connectivity index (χ3v) is 20.1. The predicted molar refractivity (Wildman–Crippen MR) is 374 cm³/mol. The summed E-state index contributed by atoms with van der Waals surface area (Å²) in [4.78, 5) is 13.5. The minimum atomic E-state index is -1.97. The first kappa shape index (κ1) is 87.7. The number of ether oxygens (including phenoxy) is 6. The molecule has 0 radical (unpaired) electrons. The lowest BCUT2D eigenvalue weighted by Gasteiger charge is -2.48. The van der Waals surface area contributed by atoms with Gasteiger partial charge in [0.1, 0.15) is 73.2 Å². The monoisotopic (exact) mass is 1360 g/mol. The van der Waals surface area contributed by atoms with Crippen LogP contribution in [0.2, 0.25) is 0 Å². The Balaban J connectivity index is 1.38. The Morgan fingerprint density at radius 3 is 1.02 bits per heavy atom. The molecular formula is C76H145NO18. The van der Waals surface area contributed by atoms with Crippen LogP contribution in [0.5, 0.6) is 0 Å². The number of amides is 1. The molecule has 0 aromatic heterocycles. The van der Waals surface area contributed by atoms with E-state index in [1.807, 2.05) is 0 Å². The molecule has 3 heterocycles. The van der Waals surface area contributed by atoms with Crippen molar-refractivity contribution in [2.75, 3.05) is 26.4 Å². The lowest BCUT2D eigenvalue weighted by Crippen LogP contribution is -2.66. The predicted octanol–water partition coefficient (Wildman–Crippen LogP) is 12.4. The standard InChI is InChI=1S/C76H145NO18/c1-3-5-7-9-11-13-15-17-19-21-23-25-27-28-29-30-32-33-35-37-39-41-43-45-47-49-51-53-60(81)59(77-64(82)54-52-50-48-46-44-42-40-38-36-34-31-26-24-22-20-18-16-14-12-10-8-6-4-2)58-90-74-70(88)67(85)72(62(56-79)92-74)95-76-71(89)68(86)73(63(57-80)93-76)94-75-69(87)66(84)65(83)61(55-78)91-75/h22,24,59-63,65-76,78-81,83-89H,3-21,23,25-58H2,1-2H3,(H,77,82)/b24-22-. The van der Waals surface area contributed by atoms with Gasteiger partial charge in [0.25, 0.3) is 0 Å². The lowest BCUT2D eigenvalue weighted by molar-refractivity contribution is -0.379. The van der Waals surface area contributed by atoms with Crippen LogP contribution in [0.1, 0.15) is 335 Å². The first-order valence-corrected chi connectivity index (χ1v) is 39.4. The third-order valence-electron chi connectivity index (χ3n) is 20.1. The second-order valence-electron chi connectivity index (χ2n) is 28.5. The van der Waals surface area contributed by atoms with E-state index in [1.54, 1.807) is 0 Å². The van der Waals surface area contributed by atoms with Crippen molar-refractivity contribution in [3.63, 3.8) is 0 Å². The van der Waals surface area contributed by atoms with E-state index in [0.717, 1.165) is 44.9 Å². The first-order valence-electron chi connectivity index (χ1n) is 39.4. The zero-order valence-corrected chi connectivity index (χ0v) is 59.9. The summed E-state index contributed by atoms with van der Waals surface area (Å²) in [6.45, 7) is 1.86. The number of allylic oxidation sites excluding steroid dienone is 2. The van der Waals surface area contributed by atoms with Crippen LogP contribution in [-0.4, -0.2) is 193 Å². The van der Waals surface area contributed by atoms with E-state index in [1.165, 1.54) is 257 Å². The van der Waals surface area contributed by atoms with Crippen LogP contribution >= 0.6 is 0 Å². The van der Waals surface area contributed by atoms with Crippen molar-refractivity contribution in [1.29, 1.82) is 0 Å². The molecule has 17 atom stereocenters. The van der Waals surface area contributed by atoms with E-state index in [4.69, 9.17) is 28.4 Å². The second-order valence-corrected chi connectivity index (χ2v) is 28.5. The van der Waals surface area contributed by atoms with Crippen molar-refractivity contribution >= 4 is 5.91 Å². The quantitative estimate of drug-likeness (QED) is 0.0199. The smallest absolute Gasteiger partial charge is 0.220 e. The Labute approximate surface area is 576 Å². The number of carbonyl (C=O) groups excluding carboxylic acids is 1. The highest BCUT2D eigenvalue weighted by atomic mass is 16.8. The van der Waals surface area contributed by atoms with Crippen LogP contribution in [-0.2, 0) is 33.2 Å². The molecule has 19 nitrogen and oxygen atoms in total. The van der Waals surface area contributed by atoms with Gasteiger partial charge in [-0.2, -0.15) is 0 Å². The second kappa shape index (κ2) is 58.1. The largest absolute Gasteiger partial charge is 0.394 e. The summed E-state index contributed by atoms with van der Waals surface area (Å²) in [5.74, 6) is -0.237. The maximum absolute atomic E-state index is 13.5. The molecule has 3 aliphatic rings. The highest BCUT2D eigenvalue weighted by Gasteiger charge is 2.54. The molecule has 3 fully saturated rings. The van der Waals surface area contributed by atoms with Crippen molar-refractivity contribution in [2.45, 2.75) is 439 Å². The number of unbranched alkanes of at least 4 members (excludes halogenated alkanes) is 45. The van der Waals surface area contributed by atoms with Crippen LogP contribution in [0, 0.1) is 0 Å². The Morgan fingerprint density at radius 2 is 0.663 bits per heavy atom. The molecule has 19 heteroatoms. The Bertz CT molecular complexity index is 1770. The van der Waals surface area contributed by atoms with Crippen LogP contribution in [0.25, 0.3) is 0 Å². The summed E-state index contributed by atoms with van der Waals surface area (Å²) >= 11 is 0. The van der Waals surface area contributed by atoms with Crippen LogP contribution in [0.4, 0.5) is 0 Å². The van der Waals surface area contributed by atoms with Gasteiger partial charge in [-0.3, -0.25) is 4.79 Å². The van der Waals surface area contributed by atoms with Crippen molar-refractivity contribution in [3.05, 3.63) is 12.2 Å². The van der Waals surface area contributed by atoms with Gasteiger partial charge in [-0.15, -0.1) is 0 Å². The van der Waals surface area contributed by atoms with Crippen molar-refractivity contribution < 1.29 is 89.4 Å². The Hall–Kier alpha value is -1.47. The molecule has 3 rings (SSSR count). The van der Waals surface area contributed by atoms with E-state index < -0.39 is 124 Å². The van der Waals surface area contributed by atoms with E-state index in [2.05, 4.69) is 31.3 Å². The molecule has 0 spiro atoms. The minimum absolute atomic E-state index is 0.237. The van der Waals surface area contributed by atoms with E-state index in [-0.39, 0.29) is 18.9 Å². The number of carbonyl (C=O) groups is 1. The molecule has 0 saturated carbocycles. The van der Waals surface area contributed by atoms with Crippen LogP contribution < -0.4 is 5.32 Å². The highest BCUT2D eigenvalue weighted by Crippen LogP contribution is 2.33. The SMILES string of the molecule is CCCCCCCCCC/C=C\CCCCCCCCCCCCCC(=O)NC(COC1OC(CO)C(OC2OC(CO)C(OC3OC(CO)C(O)C(O)C3O)C(O)C2O)C(O)C1O)C(O)CCCCCCCCCCCCCCCCCCCCCCCCCCCCC. The first-order chi connectivity index (χ1) is 46.3. The zero-order valence-electron chi connectivity index (χ0n) is 59.9. The molecule has 3 saturated heterocycles. The fourth-order valence-electron chi connectivity index (χ4n) is 13.7. The van der Waals surface area contributed by atoms with Gasteiger partial charge < -0.3 is 89.9 Å². The van der Waals surface area contributed by atoms with Gasteiger partial charge in [-0.25, -0.2) is 0 Å². The van der Waals surface area contributed by atoms with Crippen molar-refractivity contribution in [2.24, 2.45) is 0 Å². The van der Waals surface area contributed by atoms with Gasteiger partial charge in [0, 0.05) is 6.42 Å². The topological polar surface area (TPSA) is 307 Å². The number of aliphatic hydroxyl groups is 11. The van der Waals surface area contributed by atoms with E-state index in [0.29, 0.717) is 12.8 Å². The molecule has 12 N–H and O–H groups in total. The molecule has 0 aliphatic carbocycles. The molecule has 17 unspecified atom stereocenters. The number of hydrogen-bond acceptors (Lipinski definition) is 18. The summed E-state index contributed by atoms with van der Waals surface area (Å²) in [7, 11) is 0. The molecule has 3 aliphatic heterocycles. The summed E-state index contributed by atoms with van der Waals surface area (Å²) in [5, 5.41) is 121. The number of aliphatic hydroxyl groups excluding tert-OH is 11. The molecule has 0 aromatic rings. The molecular weight excluding hydrogens is 1210 g/mol. The molecule has 0 bridgehead atoms. The normalized spacial score (nSPS) is 27.2. The molecule has 562 valence electrons.